The van der Waals surface area contributed by atoms with Gasteiger partial charge in [0.05, 0.1) is 22.1 Å². The summed E-state index contributed by atoms with van der Waals surface area (Å²) in [6.45, 7) is 0. The molecule has 2 aromatic carbocycles. The summed E-state index contributed by atoms with van der Waals surface area (Å²) in [6, 6.07) is 3.76. The maximum atomic E-state index is 14.1. The van der Waals surface area contributed by atoms with E-state index < -0.39 is 73.4 Å². The van der Waals surface area contributed by atoms with Crippen LogP contribution < -0.4 is 9.74 Å². The van der Waals surface area contributed by atoms with Crippen molar-refractivity contribution < 1.29 is 44.0 Å². The minimum atomic E-state index is -5.13. The molecule has 0 aliphatic heterocycles. The molecule has 4 rings (SSSR count). The van der Waals surface area contributed by atoms with Gasteiger partial charge in [-0.25, -0.2) is 17.6 Å². The fourth-order valence-electron chi connectivity index (χ4n) is 3.41. The highest BCUT2D eigenvalue weighted by Gasteiger charge is 2.31. The second-order valence-electron chi connectivity index (χ2n) is 7.21. The fraction of sp³-hybridized carbons (Fsp3) is 0.0952. The fourth-order valence-corrected chi connectivity index (χ4v) is 4.78. The zero-order chi connectivity index (χ0) is 25.8. The van der Waals surface area contributed by atoms with Crippen LogP contribution in [0.5, 0.6) is 5.75 Å². The Hall–Kier alpha value is -3.10. The first kappa shape index (κ1) is 25.0. The van der Waals surface area contributed by atoms with E-state index in [1.165, 1.54) is 6.07 Å². The quantitative estimate of drug-likeness (QED) is 0.212. The second-order valence-corrected chi connectivity index (χ2v) is 9.61. The number of benzene rings is 2. The molecule has 2 unspecified atom stereocenters. The minimum Gasteiger partial charge on any atom is -0.386 e. The van der Waals surface area contributed by atoms with E-state index in [2.05, 4.69) is 20.1 Å². The Kier molecular flexibility index (Phi) is 6.32. The molecular weight excluding hydrogens is 572 g/mol. The first-order valence-corrected chi connectivity index (χ1v) is 11.6. The second kappa shape index (κ2) is 8.84. The molecule has 3 aromatic rings. The molecule has 1 aliphatic carbocycles. The zero-order valence-electron chi connectivity index (χ0n) is 16.8. The van der Waals surface area contributed by atoms with Crippen LogP contribution in [0.1, 0.15) is 6.04 Å². The van der Waals surface area contributed by atoms with E-state index in [0.717, 1.165) is 41.0 Å². The first-order valence-electron chi connectivity index (χ1n) is 9.37. The van der Waals surface area contributed by atoms with E-state index in [-0.39, 0.29) is 15.4 Å². The Labute approximate surface area is 200 Å². The monoisotopic (exact) mass is 581 g/mol. The molecular formula is C21H10BrF6NO5S. The molecule has 0 fully saturated rings. The highest BCUT2D eigenvalue weighted by molar-refractivity contribution is 9.11. The van der Waals surface area contributed by atoms with Crippen LogP contribution in [0.3, 0.4) is 0 Å². The summed E-state index contributed by atoms with van der Waals surface area (Å²) in [5.41, 5.74) is -0.641. The number of aliphatic hydroxyl groups is 1. The van der Waals surface area contributed by atoms with Gasteiger partial charge in [0.25, 0.3) is 5.56 Å². The Morgan fingerprint density at radius 1 is 0.886 bits per heavy atom. The van der Waals surface area contributed by atoms with Crippen molar-refractivity contribution in [2.75, 3.05) is 0 Å². The third-order valence-electron chi connectivity index (χ3n) is 5.06. The summed E-state index contributed by atoms with van der Waals surface area (Å²) in [5, 5.41) is 10.3. The lowest BCUT2D eigenvalue weighted by atomic mass is 10.0. The number of rotatable bonds is 4. The number of aliphatic hydroxyl groups excluding tert-OH is 1. The predicted molar refractivity (Wildman–Crippen MR) is 113 cm³/mol. The zero-order valence-corrected chi connectivity index (χ0v) is 19.2. The van der Waals surface area contributed by atoms with Gasteiger partial charge in [0.15, 0.2) is 0 Å². The summed E-state index contributed by atoms with van der Waals surface area (Å²) in [6.07, 6.45) is 0.738. The Morgan fingerprint density at radius 3 is 2.11 bits per heavy atom. The van der Waals surface area contributed by atoms with Gasteiger partial charge in [0.2, 0.25) is 34.8 Å². The summed E-state index contributed by atoms with van der Waals surface area (Å²) < 4.78 is 112. The molecule has 6 nitrogen and oxygen atoms in total. The van der Waals surface area contributed by atoms with Crippen LogP contribution in [-0.2, 0) is 10.1 Å². The van der Waals surface area contributed by atoms with Crippen molar-refractivity contribution in [2.45, 2.75) is 17.0 Å². The van der Waals surface area contributed by atoms with Gasteiger partial charge in [-0.3, -0.25) is 9.36 Å². The molecule has 0 saturated carbocycles. The maximum absolute atomic E-state index is 14.1. The van der Waals surface area contributed by atoms with E-state index >= 15 is 0 Å². The third kappa shape index (κ3) is 4.25. The van der Waals surface area contributed by atoms with Crippen molar-refractivity contribution in [3.63, 3.8) is 0 Å². The number of halogens is 7. The molecule has 184 valence electrons. The maximum Gasteiger partial charge on any atom is 0.339 e. The lowest BCUT2D eigenvalue weighted by Crippen LogP contribution is -2.32. The molecule has 0 spiro atoms. The van der Waals surface area contributed by atoms with Crippen molar-refractivity contribution >= 4 is 37.0 Å². The van der Waals surface area contributed by atoms with Gasteiger partial charge in [-0.05, 0) is 57.7 Å². The molecule has 0 saturated heterocycles. The lowest BCUT2D eigenvalue weighted by molar-refractivity contribution is 0.175. The molecule has 1 aliphatic rings. The predicted octanol–water partition coefficient (Wildman–Crippen LogP) is 4.51. The van der Waals surface area contributed by atoms with E-state index in [9.17, 15) is 44.7 Å². The number of aromatic nitrogens is 1. The van der Waals surface area contributed by atoms with Crippen molar-refractivity contribution in [1.82, 2.24) is 4.57 Å². The van der Waals surface area contributed by atoms with Gasteiger partial charge in [-0.15, -0.1) is 0 Å². The van der Waals surface area contributed by atoms with Gasteiger partial charge >= 0.3 is 10.1 Å². The van der Waals surface area contributed by atoms with E-state index in [1.807, 2.05) is 0 Å². The molecule has 1 aromatic heterocycles. The van der Waals surface area contributed by atoms with Crippen LogP contribution in [0.4, 0.5) is 26.3 Å². The van der Waals surface area contributed by atoms with Crippen molar-refractivity contribution in [2.24, 2.45) is 0 Å². The first-order chi connectivity index (χ1) is 16.3. The minimum absolute atomic E-state index is 0.0290. The summed E-state index contributed by atoms with van der Waals surface area (Å²) in [7, 11) is -5.13. The van der Waals surface area contributed by atoms with Crippen LogP contribution in [0.15, 0.2) is 62.5 Å². The molecule has 0 radical (unpaired) electrons. The molecule has 1 N–H and O–H groups in total. The topological polar surface area (TPSA) is 85.6 Å². The van der Waals surface area contributed by atoms with Crippen molar-refractivity contribution in [3.8, 4) is 5.75 Å². The SMILES string of the molecule is O=c1ccc2cc(S(=O)(=O)Oc3c(F)c(F)c(F)c(F)c3F)ccc2n1C1C=C(F)C(Br)=CC1O. The normalized spacial score (nSPS) is 18.4. The largest absolute Gasteiger partial charge is 0.386 e. The smallest absolute Gasteiger partial charge is 0.339 e. The number of hydrogen-bond acceptors (Lipinski definition) is 5. The van der Waals surface area contributed by atoms with Crippen LogP contribution in [0.25, 0.3) is 10.9 Å². The van der Waals surface area contributed by atoms with E-state index in [4.69, 9.17) is 0 Å². The average molecular weight is 582 g/mol. The number of allylic oxidation sites excluding steroid dienone is 2. The highest BCUT2D eigenvalue weighted by Crippen LogP contribution is 2.34. The van der Waals surface area contributed by atoms with Crippen LogP contribution in [0, 0.1) is 29.1 Å². The van der Waals surface area contributed by atoms with Gasteiger partial charge in [-0.2, -0.15) is 17.2 Å². The van der Waals surface area contributed by atoms with E-state index in [0.29, 0.717) is 0 Å². The van der Waals surface area contributed by atoms with E-state index in [1.54, 1.807) is 0 Å². The molecule has 14 heteroatoms. The van der Waals surface area contributed by atoms with Crippen molar-refractivity contribution in [1.29, 1.82) is 0 Å². The molecule has 35 heavy (non-hydrogen) atoms. The number of nitrogens with zero attached hydrogens (tertiary/aromatic N) is 1. The molecule has 2 atom stereocenters. The Balaban J connectivity index is 1.81. The van der Waals surface area contributed by atoms with Crippen LogP contribution in [0.2, 0.25) is 0 Å². The number of pyridine rings is 1. The van der Waals surface area contributed by atoms with Gasteiger partial charge in [-0.1, -0.05) is 0 Å². The van der Waals surface area contributed by atoms with Gasteiger partial charge < -0.3 is 9.29 Å². The Bertz CT molecular complexity index is 1590. The molecule has 0 bridgehead atoms. The molecule has 1 heterocycles. The third-order valence-corrected chi connectivity index (χ3v) is 6.92. The average Bonchev–Trinajstić information content (AvgIpc) is 2.81. The summed E-state index contributed by atoms with van der Waals surface area (Å²) in [5.74, 6) is -15.1. The molecule has 0 amide bonds. The van der Waals surface area contributed by atoms with Gasteiger partial charge in [0.1, 0.15) is 10.7 Å². The Morgan fingerprint density at radius 2 is 1.49 bits per heavy atom. The highest BCUT2D eigenvalue weighted by atomic mass is 79.9. The van der Waals surface area contributed by atoms with Crippen LogP contribution in [-0.4, -0.2) is 24.2 Å². The van der Waals surface area contributed by atoms with Crippen LogP contribution >= 0.6 is 15.9 Å². The van der Waals surface area contributed by atoms with Gasteiger partial charge in [0, 0.05) is 6.07 Å². The summed E-state index contributed by atoms with van der Waals surface area (Å²) >= 11 is 2.91. The lowest BCUT2D eigenvalue weighted by Gasteiger charge is -2.25. The van der Waals surface area contributed by atoms with Crippen molar-refractivity contribution in [3.05, 3.63) is 92.2 Å². The number of fused-ring (bicyclic) bond motifs is 1. The number of hydrogen-bond donors (Lipinski definition) is 1. The summed E-state index contributed by atoms with van der Waals surface area (Å²) in [4.78, 5) is 11.7. The standard InChI is InChI=1S/C21H10BrF6NO5S/c22-10-6-14(30)13(7-11(10)23)29-12-3-2-9(5-8(12)1-4-15(29)31)35(32,33)34-21-19(27)17(25)16(24)18(26)20(21)28/h1-7,13-14,30H.